The molecule has 3 atom stereocenters. The van der Waals surface area contributed by atoms with Crippen LogP contribution in [0, 0.1) is 0 Å². The van der Waals surface area contributed by atoms with Crippen LogP contribution in [-0.2, 0) is 34.2 Å². The number of benzene rings is 5. The van der Waals surface area contributed by atoms with Crippen LogP contribution in [0.2, 0.25) is 0 Å². The Morgan fingerprint density at radius 2 is 1.39 bits per heavy atom. The number of esters is 1. The number of hydrogen-bond donors (Lipinski definition) is 2. The van der Waals surface area contributed by atoms with Gasteiger partial charge < -0.3 is 24.9 Å². The number of fused-ring (bicyclic) bond motifs is 1. The molecule has 2 fully saturated rings. The average Bonchev–Trinajstić information content (AvgIpc) is 3.83. The molecule has 9 rings (SSSR count). The highest BCUT2D eigenvalue weighted by molar-refractivity contribution is 8.00. The Hall–Kier alpha value is -6.25. The fraction of sp³-hybridized carbons (Fsp3) is 0.220. The van der Waals surface area contributed by atoms with E-state index in [9.17, 15) is 14.4 Å². The lowest BCUT2D eigenvalue weighted by Gasteiger charge is -2.49. The summed E-state index contributed by atoms with van der Waals surface area (Å²) in [6.45, 7) is 0.512. The number of nitrogens with zero attached hydrogens (tertiary/aromatic N) is 3. The molecule has 11 nitrogen and oxygen atoms in total. The first-order valence-electron chi connectivity index (χ1n) is 21.0. The van der Waals surface area contributed by atoms with Crippen LogP contribution in [0.3, 0.4) is 0 Å². The summed E-state index contributed by atoms with van der Waals surface area (Å²) in [5.74, 6) is -1.46. The van der Waals surface area contributed by atoms with Gasteiger partial charge in [0.2, 0.25) is 6.29 Å². The zero-order valence-corrected chi connectivity index (χ0v) is 36.9. The standard InChI is InChI=1S/C50H44ClN5O6S2/c51-30-35-31-63-47-42(46(58)56(47)43(35)48(59)61-44(33-18-6-1-7-19-33)34-20-8-2-9-21-34)53-45(57)41(55-62-40-28-16-17-29-60-40)39-32-64-49(52-39)54-50(36-22-10-3-11-23-36,37-24-12-4-13-25-37)38-26-14-5-15-27-38/h1-15,18-27,32,40,42,44,47H,16-17,28-31H2,(H,52,54)(H,53,57)/t40?,42?,47-/m1/s1. The van der Waals surface area contributed by atoms with Gasteiger partial charge in [0.05, 0.1) is 6.61 Å². The number of oxime groups is 1. The molecule has 6 aromatic rings. The second kappa shape index (κ2) is 19.6. The monoisotopic (exact) mass is 909 g/mol. The van der Waals surface area contributed by atoms with Crippen molar-refractivity contribution >= 4 is 63.3 Å². The van der Waals surface area contributed by atoms with Gasteiger partial charge in [0.25, 0.3) is 11.8 Å². The van der Waals surface area contributed by atoms with E-state index in [1.807, 2.05) is 115 Å². The van der Waals surface area contributed by atoms with E-state index in [-0.39, 0.29) is 23.0 Å². The highest BCUT2D eigenvalue weighted by Crippen LogP contribution is 2.43. The third-order valence-electron chi connectivity index (χ3n) is 11.4. The molecule has 3 aliphatic heterocycles. The summed E-state index contributed by atoms with van der Waals surface area (Å²) in [5.41, 5.74) is 4.39. The molecule has 2 amide bonds. The lowest BCUT2D eigenvalue weighted by atomic mass is 9.77. The van der Waals surface area contributed by atoms with E-state index >= 15 is 0 Å². The third-order valence-corrected chi connectivity index (χ3v) is 13.8. The zero-order valence-electron chi connectivity index (χ0n) is 34.5. The molecule has 4 heterocycles. The first-order valence-corrected chi connectivity index (χ1v) is 23.5. The number of carbonyl (C=O) groups excluding carboxylic acids is 3. The summed E-state index contributed by atoms with van der Waals surface area (Å²) in [6.07, 6.45) is 1.01. The summed E-state index contributed by atoms with van der Waals surface area (Å²) in [7, 11) is 0. The van der Waals surface area contributed by atoms with Crippen molar-refractivity contribution in [1.82, 2.24) is 15.2 Å². The molecule has 3 aliphatic rings. The maximum absolute atomic E-state index is 14.5. The summed E-state index contributed by atoms with van der Waals surface area (Å²) >= 11 is 9.13. The number of hydrogen-bond acceptors (Lipinski definition) is 11. The summed E-state index contributed by atoms with van der Waals surface area (Å²) in [5, 5.41) is 12.7. The van der Waals surface area contributed by atoms with E-state index in [0.29, 0.717) is 29.5 Å². The molecule has 324 valence electrons. The molecule has 1 aromatic heterocycles. The van der Waals surface area contributed by atoms with Gasteiger partial charge in [-0.15, -0.1) is 34.7 Å². The Labute approximate surface area is 384 Å². The molecule has 0 saturated carbocycles. The van der Waals surface area contributed by atoms with Crippen molar-refractivity contribution < 1.29 is 28.7 Å². The van der Waals surface area contributed by atoms with Gasteiger partial charge in [0.15, 0.2) is 16.9 Å². The summed E-state index contributed by atoms with van der Waals surface area (Å²) in [4.78, 5) is 55.0. The Morgan fingerprint density at radius 1 is 0.828 bits per heavy atom. The van der Waals surface area contributed by atoms with Crippen LogP contribution in [0.5, 0.6) is 0 Å². The largest absolute Gasteiger partial charge is 0.448 e. The Morgan fingerprint density at radius 3 is 1.92 bits per heavy atom. The van der Waals surface area contributed by atoms with E-state index in [1.54, 1.807) is 5.38 Å². The molecule has 5 aromatic carbocycles. The fourth-order valence-corrected chi connectivity index (χ4v) is 10.7. The van der Waals surface area contributed by atoms with E-state index in [2.05, 4.69) is 52.2 Å². The van der Waals surface area contributed by atoms with Crippen molar-refractivity contribution in [3.05, 3.63) is 202 Å². The van der Waals surface area contributed by atoms with Crippen LogP contribution in [0.4, 0.5) is 5.13 Å². The number of alkyl halides is 1. The number of ether oxygens (including phenoxy) is 2. The van der Waals surface area contributed by atoms with E-state index < -0.39 is 47.1 Å². The normalized spacial score (nSPS) is 18.8. The lowest BCUT2D eigenvalue weighted by Crippen LogP contribution is -2.71. The van der Waals surface area contributed by atoms with Crippen molar-refractivity contribution in [2.75, 3.05) is 23.6 Å². The molecule has 64 heavy (non-hydrogen) atoms. The van der Waals surface area contributed by atoms with Crippen molar-refractivity contribution in [2.45, 2.75) is 48.6 Å². The van der Waals surface area contributed by atoms with Gasteiger partial charge in [-0.05, 0) is 46.2 Å². The van der Waals surface area contributed by atoms with Gasteiger partial charge in [-0.2, -0.15) is 0 Å². The smallest absolute Gasteiger partial charge is 0.356 e. The molecule has 2 unspecified atom stereocenters. The number of nitrogens with one attached hydrogen (secondary N) is 2. The molecule has 14 heteroatoms. The maximum atomic E-state index is 14.5. The van der Waals surface area contributed by atoms with Gasteiger partial charge in [-0.3, -0.25) is 14.5 Å². The SMILES string of the molecule is O=C(NC1C(=O)N2C(C(=O)OC(c3ccccc3)c3ccccc3)=C(CCl)CS[C@H]12)C(=NOC1CCCCO1)c1csc(NC(c2ccccc2)(c2ccccc2)c2ccccc2)n1. The van der Waals surface area contributed by atoms with Crippen LogP contribution in [0.1, 0.15) is 58.9 Å². The van der Waals surface area contributed by atoms with Gasteiger partial charge in [-0.25, -0.2) is 9.78 Å². The topological polar surface area (TPSA) is 131 Å². The molecular formula is C50H44ClN5O6S2. The predicted octanol–water partition coefficient (Wildman–Crippen LogP) is 9.02. The minimum Gasteiger partial charge on any atom is -0.448 e. The summed E-state index contributed by atoms with van der Waals surface area (Å²) < 4.78 is 12.0. The summed E-state index contributed by atoms with van der Waals surface area (Å²) in [6, 6.07) is 48.2. The van der Waals surface area contributed by atoms with Crippen LogP contribution in [0.25, 0.3) is 0 Å². The number of amides is 2. The van der Waals surface area contributed by atoms with Crippen LogP contribution < -0.4 is 10.6 Å². The van der Waals surface area contributed by atoms with Gasteiger partial charge in [0, 0.05) is 23.4 Å². The average molecular weight is 911 g/mol. The molecule has 0 spiro atoms. The Balaban J connectivity index is 0.994. The first-order chi connectivity index (χ1) is 31.4. The third kappa shape index (κ3) is 8.81. The molecule has 0 radical (unpaired) electrons. The second-order valence-electron chi connectivity index (χ2n) is 15.4. The number of thioether (sulfide) groups is 1. The molecule has 2 N–H and O–H groups in total. The van der Waals surface area contributed by atoms with Crippen molar-refractivity contribution in [1.29, 1.82) is 0 Å². The van der Waals surface area contributed by atoms with E-state index in [1.165, 1.54) is 28.0 Å². The van der Waals surface area contributed by atoms with Gasteiger partial charge >= 0.3 is 5.97 Å². The Kier molecular flexibility index (Phi) is 13.2. The molecule has 2 saturated heterocycles. The first kappa shape index (κ1) is 43.0. The van der Waals surface area contributed by atoms with Gasteiger partial charge in [-0.1, -0.05) is 157 Å². The molecule has 0 bridgehead atoms. The predicted molar refractivity (Wildman–Crippen MR) is 250 cm³/mol. The van der Waals surface area contributed by atoms with Crippen molar-refractivity contribution in [2.24, 2.45) is 5.16 Å². The second-order valence-corrected chi connectivity index (χ2v) is 17.6. The molecular weight excluding hydrogens is 866 g/mol. The number of halogens is 1. The highest BCUT2D eigenvalue weighted by atomic mass is 35.5. The highest BCUT2D eigenvalue weighted by Gasteiger charge is 2.55. The van der Waals surface area contributed by atoms with Crippen LogP contribution >= 0.6 is 34.7 Å². The van der Waals surface area contributed by atoms with Crippen molar-refractivity contribution in [3.63, 3.8) is 0 Å². The minimum atomic E-state index is -0.995. The quantitative estimate of drug-likeness (QED) is 0.0259. The number of aromatic nitrogens is 1. The minimum absolute atomic E-state index is 0.0178. The number of anilines is 1. The number of thiazole rings is 1. The number of carbonyl (C=O) groups is 3. The Bertz CT molecular complexity index is 2490. The maximum Gasteiger partial charge on any atom is 0.356 e. The van der Waals surface area contributed by atoms with Crippen molar-refractivity contribution in [3.8, 4) is 0 Å². The lowest BCUT2D eigenvalue weighted by molar-refractivity contribution is -0.162. The molecule has 0 aliphatic carbocycles. The van der Waals surface area contributed by atoms with Crippen LogP contribution in [-0.4, -0.2) is 69.3 Å². The zero-order chi connectivity index (χ0) is 43.9. The van der Waals surface area contributed by atoms with Crippen LogP contribution in [0.15, 0.2) is 173 Å². The van der Waals surface area contributed by atoms with E-state index in [0.717, 1.165) is 40.7 Å². The van der Waals surface area contributed by atoms with Gasteiger partial charge in [0.1, 0.15) is 28.3 Å². The number of β-lactam (4-membered cyclic amide) rings is 1. The fourth-order valence-electron chi connectivity index (χ4n) is 8.22. The number of rotatable bonds is 15. The van der Waals surface area contributed by atoms with E-state index in [4.69, 9.17) is 30.9 Å².